The Morgan fingerprint density at radius 2 is 2.29 bits per heavy atom. The smallest absolute Gasteiger partial charge is 0.320 e. The van der Waals surface area contributed by atoms with E-state index in [0.29, 0.717) is 5.56 Å². The molecule has 0 saturated heterocycles. The summed E-state index contributed by atoms with van der Waals surface area (Å²) in [5.41, 5.74) is 5.97. The Kier molecular flexibility index (Phi) is 3.82. The average molecular weight is 309 g/mol. The van der Waals surface area contributed by atoms with E-state index in [4.69, 9.17) is 10.8 Å². The van der Waals surface area contributed by atoms with Crippen molar-refractivity contribution in [2.45, 2.75) is 12.5 Å². The zero-order valence-electron chi connectivity index (χ0n) is 7.21. The molecule has 5 heteroatoms. The molecule has 1 aromatic carbocycles. The molecule has 1 rings (SSSR count). The van der Waals surface area contributed by atoms with Crippen molar-refractivity contribution in [1.82, 2.24) is 0 Å². The lowest BCUT2D eigenvalue weighted by atomic mass is 10.1. The van der Waals surface area contributed by atoms with Gasteiger partial charge in [0.15, 0.2) is 0 Å². The lowest BCUT2D eigenvalue weighted by Crippen LogP contribution is -2.32. The van der Waals surface area contributed by atoms with Gasteiger partial charge in [-0.1, -0.05) is 0 Å². The van der Waals surface area contributed by atoms with Crippen molar-refractivity contribution < 1.29 is 14.3 Å². The van der Waals surface area contributed by atoms with E-state index in [9.17, 15) is 9.18 Å². The third kappa shape index (κ3) is 2.91. The molecule has 1 atom stereocenters. The summed E-state index contributed by atoms with van der Waals surface area (Å²) in [6.45, 7) is 0. The van der Waals surface area contributed by atoms with Crippen LogP contribution in [-0.2, 0) is 11.2 Å². The predicted octanol–water partition coefficient (Wildman–Crippen LogP) is 1.38. The van der Waals surface area contributed by atoms with E-state index in [-0.39, 0.29) is 12.2 Å². The zero-order chi connectivity index (χ0) is 10.7. The van der Waals surface area contributed by atoms with Crippen LogP contribution in [0.15, 0.2) is 18.2 Å². The van der Waals surface area contributed by atoms with E-state index < -0.39 is 12.0 Å². The van der Waals surface area contributed by atoms with Crippen LogP contribution >= 0.6 is 22.6 Å². The minimum Gasteiger partial charge on any atom is -0.480 e. The van der Waals surface area contributed by atoms with Gasteiger partial charge >= 0.3 is 5.97 Å². The number of carbonyl (C=O) groups is 1. The maximum absolute atomic E-state index is 12.8. The minimum absolute atomic E-state index is 0.144. The third-order valence-corrected chi connectivity index (χ3v) is 2.82. The summed E-state index contributed by atoms with van der Waals surface area (Å²) < 4.78 is 13.6. The molecule has 0 fully saturated rings. The summed E-state index contributed by atoms with van der Waals surface area (Å²) in [5.74, 6) is -1.46. The normalized spacial score (nSPS) is 12.5. The first-order chi connectivity index (χ1) is 6.50. The van der Waals surface area contributed by atoms with Gasteiger partial charge in [-0.15, -0.1) is 0 Å². The first-order valence-electron chi connectivity index (χ1n) is 3.93. The van der Waals surface area contributed by atoms with Crippen LogP contribution < -0.4 is 5.73 Å². The predicted molar refractivity (Wildman–Crippen MR) is 58.4 cm³/mol. The van der Waals surface area contributed by atoms with Crippen LogP contribution in [0.5, 0.6) is 0 Å². The quantitative estimate of drug-likeness (QED) is 0.829. The van der Waals surface area contributed by atoms with Gasteiger partial charge in [0.25, 0.3) is 0 Å². The summed E-state index contributed by atoms with van der Waals surface area (Å²) in [6, 6.07) is 3.26. The Morgan fingerprint density at radius 1 is 1.64 bits per heavy atom. The van der Waals surface area contributed by atoms with E-state index in [1.807, 2.05) is 22.6 Å². The number of benzene rings is 1. The molecule has 76 valence electrons. The molecule has 0 spiro atoms. The van der Waals surface area contributed by atoms with Crippen molar-refractivity contribution in [3.05, 3.63) is 33.1 Å². The Bertz CT molecular complexity index is 357. The maximum Gasteiger partial charge on any atom is 0.320 e. The fourth-order valence-corrected chi connectivity index (χ4v) is 1.58. The van der Waals surface area contributed by atoms with Gasteiger partial charge in [-0.3, -0.25) is 4.79 Å². The topological polar surface area (TPSA) is 63.3 Å². The Balaban J connectivity index is 2.85. The summed E-state index contributed by atoms with van der Waals surface area (Å²) in [4.78, 5) is 10.5. The van der Waals surface area contributed by atoms with Crippen LogP contribution in [0.4, 0.5) is 4.39 Å². The number of halogens is 2. The number of rotatable bonds is 3. The molecule has 0 unspecified atom stereocenters. The highest BCUT2D eigenvalue weighted by Gasteiger charge is 2.14. The molecule has 0 saturated carbocycles. The first kappa shape index (κ1) is 11.4. The second-order valence-corrected chi connectivity index (χ2v) is 4.05. The molecule has 0 amide bonds. The fourth-order valence-electron chi connectivity index (χ4n) is 1.02. The summed E-state index contributed by atoms with van der Waals surface area (Å²) >= 11 is 2.02. The number of hydrogen-bond donors (Lipinski definition) is 2. The zero-order valence-corrected chi connectivity index (χ0v) is 9.36. The highest BCUT2D eigenvalue weighted by molar-refractivity contribution is 14.1. The van der Waals surface area contributed by atoms with E-state index in [0.717, 1.165) is 3.57 Å². The molecule has 0 heterocycles. The van der Waals surface area contributed by atoms with Crippen molar-refractivity contribution in [3.63, 3.8) is 0 Å². The molecule has 0 aliphatic carbocycles. The van der Waals surface area contributed by atoms with Crippen LogP contribution in [0.3, 0.4) is 0 Å². The van der Waals surface area contributed by atoms with Gasteiger partial charge in [0.05, 0.1) is 0 Å². The van der Waals surface area contributed by atoms with E-state index in [2.05, 4.69) is 0 Å². The fraction of sp³-hybridized carbons (Fsp3) is 0.222. The van der Waals surface area contributed by atoms with Crippen LogP contribution in [0, 0.1) is 9.39 Å². The minimum atomic E-state index is -1.08. The lowest BCUT2D eigenvalue weighted by molar-refractivity contribution is -0.138. The highest BCUT2D eigenvalue weighted by atomic mass is 127. The SMILES string of the molecule is N[C@H](Cc1cc(F)ccc1I)C(=O)O. The standard InChI is InChI=1S/C9H9FINO2/c10-6-1-2-7(11)5(3-6)4-8(12)9(13)14/h1-3,8H,4,12H2,(H,13,14)/t8-/m1/s1. The number of carboxylic acid groups (broad SMARTS) is 1. The van der Waals surface area contributed by atoms with E-state index in [1.54, 1.807) is 6.07 Å². The first-order valence-corrected chi connectivity index (χ1v) is 5.01. The van der Waals surface area contributed by atoms with Gasteiger partial charge in [-0.25, -0.2) is 4.39 Å². The van der Waals surface area contributed by atoms with Crippen LogP contribution in [-0.4, -0.2) is 17.1 Å². The summed E-state index contributed by atoms with van der Waals surface area (Å²) in [5, 5.41) is 8.58. The molecular weight excluding hydrogens is 300 g/mol. The van der Waals surface area contributed by atoms with Gasteiger partial charge in [-0.2, -0.15) is 0 Å². The van der Waals surface area contributed by atoms with Gasteiger partial charge in [-0.05, 0) is 52.8 Å². The highest BCUT2D eigenvalue weighted by Crippen LogP contribution is 2.15. The monoisotopic (exact) mass is 309 g/mol. The molecule has 1 aromatic rings. The van der Waals surface area contributed by atoms with Crippen LogP contribution in [0.2, 0.25) is 0 Å². The van der Waals surface area contributed by atoms with Gasteiger partial charge in [0, 0.05) is 3.57 Å². The number of aliphatic carboxylic acids is 1. The summed E-state index contributed by atoms with van der Waals surface area (Å²) in [7, 11) is 0. The van der Waals surface area contributed by atoms with Crippen molar-refractivity contribution in [2.75, 3.05) is 0 Å². The van der Waals surface area contributed by atoms with Crippen molar-refractivity contribution >= 4 is 28.6 Å². The molecule has 0 aromatic heterocycles. The van der Waals surface area contributed by atoms with E-state index >= 15 is 0 Å². The number of hydrogen-bond acceptors (Lipinski definition) is 2. The Labute approximate surface area is 94.2 Å². The Morgan fingerprint density at radius 3 is 2.86 bits per heavy atom. The van der Waals surface area contributed by atoms with Gasteiger partial charge in [0.1, 0.15) is 11.9 Å². The summed E-state index contributed by atoms with van der Waals surface area (Å²) in [6.07, 6.45) is 0.144. The largest absolute Gasteiger partial charge is 0.480 e. The third-order valence-electron chi connectivity index (χ3n) is 1.76. The molecular formula is C9H9FINO2. The number of nitrogens with two attached hydrogens (primary N) is 1. The van der Waals surface area contributed by atoms with Crippen molar-refractivity contribution in [1.29, 1.82) is 0 Å². The van der Waals surface area contributed by atoms with Gasteiger partial charge in [0.2, 0.25) is 0 Å². The molecule has 0 bridgehead atoms. The van der Waals surface area contributed by atoms with Crippen LogP contribution in [0.1, 0.15) is 5.56 Å². The lowest BCUT2D eigenvalue weighted by Gasteiger charge is -2.08. The molecule has 0 aliphatic rings. The van der Waals surface area contributed by atoms with Crippen LogP contribution in [0.25, 0.3) is 0 Å². The Hall–Kier alpha value is -0.690. The van der Waals surface area contributed by atoms with E-state index in [1.165, 1.54) is 12.1 Å². The second-order valence-electron chi connectivity index (χ2n) is 2.88. The van der Waals surface area contributed by atoms with Crippen molar-refractivity contribution in [3.8, 4) is 0 Å². The average Bonchev–Trinajstić information content (AvgIpc) is 2.11. The number of carboxylic acids is 1. The molecule has 3 N–H and O–H groups in total. The molecule has 14 heavy (non-hydrogen) atoms. The molecule has 0 radical (unpaired) electrons. The maximum atomic E-state index is 12.8. The van der Waals surface area contributed by atoms with Crippen molar-refractivity contribution in [2.24, 2.45) is 5.73 Å². The van der Waals surface area contributed by atoms with Gasteiger partial charge < -0.3 is 10.8 Å². The molecule has 0 aliphatic heterocycles. The molecule has 3 nitrogen and oxygen atoms in total. The second kappa shape index (κ2) is 4.70.